The lowest BCUT2D eigenvalue weighted by molar-refractivity contribution is 0.254. The molecule has 18 heavy (non-hydrogen) atoms. The second-order valence-electron chi connectivity index (χ2n) is 4.86. The van der Waals surface area contributed by atoms with Gasteiger partial charge >= 0.3 is 0 Å². The molecule has 0 saturated heterocycles. The Balaban J connectivity index is 1.82. The first kappa shape index (κ1) is 12.1. The van der Waals surface area contributed by atoms with Gasteiger partial charge in [0.05, 0.1) is 11.9 Å². The van der Waals surface area contributed by atoms with Crippen LogP contribution in [0, 0.1) is 0 Å². The lowest BCUT2D eigenvalue weighted by Crippen LogP contribution is -2.21. The van der Waals surface area contributed by atoms with Gasteiger partial charge in [-0.2, -0.15) is 0 Å². The van der Waals surface area contributed by atoms with Crippen molar-refractivity contribution in [2.75, 3.05) is 19.3 Å². The molecular weight excluding hydrogens is 244 g/mol. The molecule has 0 radical (unpaired) electrons. The Labute approximate surface area is 112 Å². The van der Waals surface area contributed by atoms with Crippen LogP contribution in [0.15, 0.2) is 18.3 Å². The maximum atomic E-state index is 5.69. The van der Waals surface area contributed by atoms with E-state index < -0.39 is 0 Å². The third kappa shape index (κ3) is 2.27. The highest BCUT2D eigenvalue weighted by Gasteiger charge is 2.21. The summed E-state index contributed by atoms with van der Waals surface area (Å²) < 4.78 is 8.05. The van der Waals surface area contributed by atoms with Gasteiger partial charge in [-0.15, -0.1) is 0 Å². The third-order valence-corrected chi connectivity index (χ3v) is 4.39. The van der Waals surface area contributed by atoms with E-state index in [1.165, 1.54) is 11.1 Å². The number of rotatable bonds is 2. The van der Waals surface area contributed by atoms with Crippen LogP contribution in [0.25, 0.3) is 5.57 Å². The molecule has 0 saturated carbocycles. The van der Waals surface area contributed by atoms with Crippen LogP contribution in [-0.4, -0.2) is 34.7 Å². The third-order valence-electron chi connectivity index (χ3n) is 3.54. The molecule has 3 heterocycles. The van der Waals surface area contributed by atoms with E-state index >= 15 is 0 Å². The van der Waals surface area contributed by atoms with Crippen LogP contribution in [-0.2, 0) is 6.42 Å². The Hall–Kier alpha value is -1.00. The fourth-order valence-corrected chi connectivity index (χ4v) is 3.04. The van der Waals surface area contributed by atoms with Crippen molar-refractivity contribution in [2.24, 2.45) is 0 Å². The lowest BCUT2D eigenvalue weighted by Gasteiger charge is -2.23. The molecule has 2 aliphatic rings. The van der Waals surface area contributed by atoms with Crippen molar-refractivity contribution in [3.05, 3.63) is 29.6 Å². The van der Waals surface area contributed by atoms with E-state index in [4.69, 9.17) is 4.74 Å². The molecule has 1 aromatic rings. The van der Waals surface area contributed by atoms with Crippen molar-refractivity contribution < 1.29 is 4.74 Å². The minimum Gasteiger partial charge on any atom is -0.488 e. The summed E-state index contributed by atoms with van der Waals surface area (Å²) in [5.41, 5.74) is 3.82. The van der Waals surface area contributed by atoms with Gasteiger partial charge in [0.25, 0.3) is 0 Å². The molecular formula is C14H18N2OS. The zero-order valence-electron chi connectivity index (χ0n) is 10.8. The lowest BCUT2D eigenvalue weighted by atomic mass is 10.0. The molecule has 0 fully saturated rings. The maximum absolute atomic E-state index is 5.69. The zero-order chi connectivity index (χ0) is 12.5. The standard InChI is InChI=1S/C14H18N2OS/c1-10-7-12-8-13(15-9-14(12)17-10)11-3-5-16(18-2)6-4-11/h3,8-10H,4-7H2,1-2H3. The van der Waals surface area contributed by atoms with E-state index in [2.05, 4.69) is 34.6 Å². The van der Waals surface area contributed by atoms with Crippen molar-refractivity contribution in [3.63, 3.8) is 0 Å². The SMILES string of the molecule is CSN1CC=C(c2cc3c(cn2)OC(C)C3)CC1. The fourth-order valence-electron chi connectivity index (χ4n) is 2.54. The first-order valence-electron chi connectivity index (χ1n) is 6.40. The molecule has 0 bridgehead atoms. The van der Waals surface area contributed by atoms with E-state index in [9.17, 15) is 0 Å². The average molecular weight is 262 g/mol. The van der Waals surface area contributed by atoms with Crippen molar-refractivity contribution in [2.45, 2.75) is 25.9 Å². The smallest absolute Gasteiger partial charge is 0.141 e. The summed E-state index contributed by atoms with van der Waals surface area (Å²) in [6.07, 6.45) is 8.71. The highest BCUT2D eigenvalue weighted by Crippen LogP contribution is 2.31. The molecule has 96 valence electrons. The Bertz CT molecular complexity index is 487. The molecule has 0 amide bonds. The Morgan fingerprint density at radius 3 is 3.11 bits per heavy atom. The Morgan fingerprint density at radius 2 is 2.39 bits per heavy atom. The second kappa shape index (κ2) is 4.94. The summed E-state index contributed by atoms with van der Waals surface area (Å²) in [6, 6.07) is 2.21. The van der Waals surface area contributed by atoms with Gasteiger partial charge in [-0.1, -0.05) is 18.0 Å². The quantitative estimate of drug-likeness (QED) is 0.765. The summed E-state index contributed by atoms with van der Waals surface area (Å²) in [6.45, 7) is 4.23. The van der Waals surface area contributed by atoms with Crippen LogP contribution >= 0.6 is 11.9 Å². The van der Waals surface area contributed by atoms with E-state index in [0.29, 0.717) is 6.10 Å². The number of pyridine rings is 1. The van der Waals surface area contributed by atoms with Crippen molar-refractivity contribution >= 4 is 17.5 Å². The molecule has 0 aliphatic carbocycles. The largest absolute Gasteiger partial charge is 0.488 e. The number of fused-ring (bicyclic) bond motifs is 1. The number of ether oxygens (including phenoxy) is 1. The molecule has 1 aromatic heterocycles. The molecule has 0 spiro atoms. The van der Waals surface area contributed by atoms with Gasteiger partial charge in [-0.25, -0.2) is 4.31 Å². The van der Waals surface area contributed by atoms with Gasteiger partial charge in [0.2, 0.25) is 0 Å². The van der Waals surface area contributed by atoms with Gasteiger partial charge in [0, 0.05) is 25.1 Å². The molecule has 1 atom stereocenters. The first-order valence-corrected chi connectivity index (χ1v) is 7.58. The summed E-state index contributed by atoms with van der Waals surface area (Å²) in [4.78, 5) is 4.54. The number of nitrogens with zero attached hydrogens (tertiary/aromatic N) is 2. The van der Waals surface area contributed by atoms with E-state index in [1.807, 2.05) is 18.1 Å². The first-order chi connectivity index (χ1) is 8.76. The highest BCUT2D eigenvalue weighted by atomic mass is 32.2. The Morgan fingerprint density at radius 1 is 1.50 bits per heavy atom. The fraction of sp³-hybridized carbons (Fsp3) is 0.500. The van der Waals surface area contributed by atoms with Crippen molar-refractivity contribution in [1.29, 1.82) is 0 Å². The highest BCUT2D eigenvalue weighted by molar-refractivity contribution is 7.96. The number of hydrogen-bond donors (Lipinski definition) is 0. The molecule has 4 heteroatoms. The summed E-state index contributed by atoms with van der Waals surface area (Å²) in [5.74, 6) is 0.966. The van der Waals surface area contributed by atoms with E-state index in [1.54, 1.807) is 0 Å². The van der Waals surface area contributed by atoms with Crippen molar-refractivity contribution in [3.8, 4) is 5.75 Å². The van der Waals surface area contributed by atoms with Gasteiger partial charge < -0.3 is 4.74 Å². The second-order valence-corrected chi connectivity index (χ2v) is 5.74. The molecule has 0 aromatic carbocycles. The minimum absolute atomic E-state index is 0.296. The predicted octanol–water partition coefficient (Wildman–Crippen LogP) is 2.77. The topological polar surface area (TPSA) is 25.4 Å². The van der Waals surface area contributed by atoms with Crippen molar-refractivity contribution in [1.82, 2.24) is 9.29 Å². The van der Waals surface area contributed by atoms with Gasteiger partial charge in [-0.05, 0) is 31.2 Å². The molecule has 3 rings (SSSR count). The van der Waals surface area contributed by atoms with Crippen LogP contribution in [0.2, 0.25) is 0 Å². The van der Waals surface area contributed by atoms with E-state index in [0.717, 1.165) is 37.4 Å². The summed E-state index contributed by atoms with van der Waals surface area (Å²) in [7, 11) is 0. The predicted molar refractivity (Wildman–Crippen MR) is 75.7 cm³/mol. The van der Waals surface area contributed by atoms with Crippen LogP contribution in [0.4, 0.5) is 0 Å². The van der Waals surface area contributed by atoms with E-state index in [-0.39, 0.29) is 0 Å². The number of aromatic nitrogens is 1. The van der Waals surface area contributed by atoms with Gasteiger partial charge in [0.1, 0.15) is 11.9 Å². The molecule has 0 N–H and O–H groups in total. The average Bonchev–Trinajstić information content (AvgIpc) is 2.78. The van der Waals surface area contributed by atoms with Crippen LogP contribution < -0.4 is 4.74 Å². The normalized spacial score (nSPS) is 23.4. The van der Waals surface area contributed by atoms with Crippen LogP contribution in [0.5, 0.6) is 5.75 Å². The van der Waals surface area contributed by atoms with Crippen LogP contribution in [0.1, 0.15) is 24.6 Å². The Kier molecular flexibility index (Phi) is 3.31. The maximum Gasteiger partial charge on any atom is 0.141 e. The molecule has 3 nitrogen and oxygen atoms in total. The number of hydrogen-bond acceptors (Lipinski definition) is 4. The summed E-state index contributed by atoms with van der Waals surface area (Å²) in [5, 5.41) is 0. The van der Waals surface area contributed by atoms with Gasteiger partial charge in [0.15, 0.2) is 0 Å². The van der Waals surface area contributed by atoms with Crippen LogP contribution in [0.3, 0.4) is 0 Å². The summed E-state index contributed by atoms with van der Waals surface area (Å²) >= 11 is 1.81. The molecule has 1 unspecified atom stereocenters. The zero-order valence-corrected chi connectivity index (χ0v) is 11.7. The monoisotopic (exact) mass is 262 g/mol. The van der Waals surface area contributed by atoms with Gasteiger partial charge in [-0.3, -0.25) is 4.98 Å². The minimum atomic E-state index is 0.296. The molecule has 2 aliphatic heterocycles.